The van der Waals surface area contributed by atoms with Crippen LogP contribution in [0.5, 0.6) is 0 Å². The number of rotatable bonds is 3. The second-order valence-corrected chi connectivity index (χ2v) is 4.54. The van der Waals surface area contributed by atoms with Gasteiger partial charge in [0.2, 0.25) is 0 Å². The van der Waals surface area contributed by atoms with E-state index in [0.717, 1.165) is 3.92 Å². The minimum absolute atomic E-state index is 0.0382. The molecule has 0 spiro atoms. The van der Waals surface area contributed by atoms with Gasteiger partial charge in [0.25, 0.3) is 0 Å². The first kappa shape index (κ1) is 7.69. The van der Waals surface area contributed by atoms with Crippen LogP contribution in [0, 0.1) is 0 Å². The summed E-state index contributed by atoms with van der Waals surface area (Å²) in [5.74, 6) is 0. The summed E-state index contributed by atoms with van der Waals surface area (Å²) in [6.07, 6.45) is 2.61. The van der Waals surface area contributed by atoms with E-state index in [9.17, 15) is 0 Å². The summed E-state index contributed by atoms with van der Waals surface area (Å²) >= 11 is 0.0382. The number of nitrogens with two attached hydrogens (primary N) is 1. The Bertz CT molecular complexity index is 39.1. The van der Waals surface area contributed by atoms with Gasteiger partial charge in [0, 0.05) is 0 Å². The molecule has 1 atom stereocenters. The quantitative estimate of drug-likeness (QED) is 0.333. The van der Waals surface area contributed by atoms with Gasteiger partial charge in [0.15, 0.2) is 0 Å². The van der Waals surface area contributed by atoms with E-state index in [0.29, 0.717) is 0 Å². The zero-order chi connectivity index (χ0) is 5.70. The van der Waals surface area contributed by atoms with Crippen molar-refractivity contribution in [1.29, 1.82) is 0 Å². The third-order valence-electron chi connectivity index (χ3n) is 0.902. The molecule has 46 valence electrons. The summed E-state index contributed by atoms with van der Waals surface area (Å²) in [6, 6.07) is 0. The predicted molar refractivity (Wildman–Crippen MR) is 28.6 cm³/mol. The van der Waals surface area contributed by atoms with Crippen molar-refractivity contribution in [3.8, 4) is 0 Å². The van der Waals surface area contributed by atoms with E-state index in [1.807, 2.05) is 0 Å². The summed E-state index contributed by atoms with van der Waals surface area (Å²) in [6.45, 7) is 4.44. The molecule has 1 nitrogen and oxygen atoms in total. The molecule has 0 aromatic rings. The summed E-state index contributed by atoms with van der Waals surface area (Å²) in [5.41, 5.74) is 0. The molecule has 7 heavy (non-hydrogen) atoms. The zero-order valence-corrected chi connectivity index (χ0v) is 7.10. The molecule has 0 rings (SSSR count). The molecule has 0 aliphatic rings. The van der Waals surface area contributed by atoms with Gasteiger partial charge in [-0.05, 0) is 0 Å². The third kappa shape index (κ3) is 4.55. The van der Waals surface area contributed by atoms with Crippen molar-refractivity contribution >= 4 is 0 Å². The molecule has 0 saturated carbocycles. The molecule has 0 bridgehead atoms. The van der Waals surface area contributed by atoms with Gasteiger partial charge in [0.05, 0.1) is 0 Å². The van der Waals surface area contributed by atoms with Gasteiger partial charge in [-0.3, -0.25) is 0 Å². The number of hydrogen-bond donors (Lipinski definition) is 1. The van der Waals surface area contributed by atoms with Gasteiger partial charge in [-0.2, -0.15) is 0 Å². The Balaban J connectivity index is 2.83. The van der Waals surface area contributed by atoms with E-state index < -0.39 is 0 Å². The van der Waals surface area contributed by atoms with E-state index in [1.165, 1.54) is 12.8 Å². The molecular formula is C5H13IN-. The fourth-order valence-electron chi connectivity index (χ4n) is 0.461. The Morgan fingerprint density at radius 2 is 2.29 bits per heavy atom. The molecule has 0 aliphatic heterocycles. The average molecular weight is 214 g/mol. The van der Waals surface area contributed by atoms with E-state index in [2.05, 4.69) is 13.8 Å². The molecule has 0 fully saturated rings. The van der Waals surface area contributed by atoms with Gasteiger partial charge in [-0.15, -0.1) is 0 Å². The molecule has 2 N–H and O–H groups in total. The Kier molecular flexibility index (Phi) is 5.32. The molecular weight excluding hydrogens is 201 g/mol. The average Bonchev–Trinajstić information content (AvgIpc) is 1.68. The van der Waals surface area contributed by atoms with E-state index >= 15 is 0 Å². The SMILES string of the molecule is CCC[C@H](C)[I-]N. The minimum atomic E-state index is 0.0382. The Labute approximate surface area is 56.3 Å². The number of hydrogen-bond acceptors (Lipinski definition) is 1. The molecule has 0 aliphatic carbocycles. The van der Waals surface area contributed by atoms with Crippen LogP contribution in [0.25, 0.3) is 0 Å². The van der Waals surface area contributed by atoms with Crippen molar-refractivity contribution in [2.45, 2.75) is 30.6 Å². The van der Waals surface area contributed by atoms with Crippen molar-refractivity contribution in [3.63, 3.8) is 0 Å². The van der Waals surface area contributed by atoms with Crippen LogP contribution in [0.3, 0.4) is 0 Å². The Morgan fingerprint density at radius 1 is 1.71 bits per heavy atom. The van der Waals surface area contributed by atoms with Crippen LogP contribution >= 0.6 is 0 Å². The number of halogens is 1. The summed E-state index contributed by atoms with van der Waals surface area (Å²) < 4.78 is 6.30. The standard InChI is InChI=1S/C5H13IN/c1-3-4-5(2)6-7/h5H,3-4,7H2,1-2H3/q-1/t5-/m0/s1. The van der Waals surface area contributed by atoms with Crippen molar-refractivity contribution < 1.29 is 21.5 Å². The van der Waals surface area contributed by atoms with Crippen LogP contribution in [-0.4, -0.2) is 3.92 Å². The topological polar surface area (TPSA) is 26.0 Å². The Morgan fingerprint density at radius 3 is 2.43 bits per heavy atom. The van der Waals surface area contributed by atoms with Crippen LogP contribution in [0.4, 0.5) is 0 Å². The third-order valence-corrected chi connectivity index (χ3v) is 2.75. The van der Waals surface area contributed by atoms with E-state index in [-0.39, 0.29) is 21.5 Å². The van der Waals surface area contributed by atoms with Gasteiger partial charge in [0.1, 0.15) is 0 Å². The predicted octanol–water partition coefficient (Wildman–Crippen LogP) is -1.86. The Hall–Kier alpha value is 0.690. The fraction of sp³-hybridized carbons (Fsp3) is 1.00. The van der Waals surface area contributed by atoms with Gasteiger partial charge in [-0.25, -0.2) is 0 Å². The van der Waals surface area contributed by atoms with Crippen LogP contribution < -0.4 is 25.4 Å². The fourth-order valence-corrected chi connectivity index (χ4v) is 1.44. The monoisotopic (exact) mass is 214 g/mol. The van der Waals surface area contributed by atoms with Crippen LogP contribution in [-0.2, 0) is 0 Å². The second kappa shape index (κ2) is 4.84. The van der Waals surface area contributed by atoms with E-state index in [1.54, 1.807) is 0 Å². The molecule has 0 aromatic carbocycles. The normalized spacial score (nSPS) is 14.7. The molecule has 0 heterocycles. The molecule has 0 saturated heterocycles. The first-order valence-corrected chi connectivity index (χ1v) is 5.12. The maximum atomic E-state index is 5.47. The van der Waals surface area contributed by atoms with Crippen molar-refractivity contribution in [2.24, 2.45) is 3.95 Å². The molecule has 2 heteroatoms. The van der Waals surface area contributed by atoms with Gasteiger partial charge < -0.3 is 0 Å². The molecule has 0 aromatic heterocycles. The summed E-state index contributed by atoms with van der Waals surface area (Å²) in [5, 5.41) is 0. The van der Waals surface area contributed by atoms with Crippen molar-refractivity contribution in [3.05, 3.63) is 0 Å². The maximum absolute atomic E-state index is 5.47. The van der Waals surface area contributed by atoms with Crippen molar-refractivity contribution in [2.75, 3.05) is 0 Å². The van der Waals surface area contributed by atoms with Crippen LogP contribution in [0.1, 0.15) is 26.7 Å². The molecule has 0 amide bonds. The van der Waals surface area contributed by atoms with Crippen molar-refractivity contribution in [1.82, 2.24) is 0 Å². The molecule has 0 radical (unpaired) electrons. The van der Waals surface area contributed by atoms with Crippen LogP contribution in [0.15, 0.2) is 0 Å². The zero-order valence-electron chi connectivity index (χ0n) is 4.95. The summed E-state index contributed by atoms with van der Waals surface area (Å²) in [4.78, 5) is 0. The van der Waals surface area contributed by atoms with E-state index in [4.69, 9.17) is 3.95 Å². The van der Waals surface area contributed by atoms with Gasteiger partial charge in [-0.1, -0.05) is 0 Å². The molecule has 0 unspecified atom stereocenters. The summed E-state index contributed by atoms with van der Waals surface area (Å²) in [7, 11) is 0. The first-order chi connectivity index (χ1) is 3.31. The van der Waals surface area contributed by atoms with Crippen LogP contribution in [0.2, 0.25) is 0 Å². The van der Waals surface area contributed by atoms with Gasteiger partial charge >= 0.3 is 56.0 Å². The first-order valence-electron chi connectivity index (χ1n) is 2.63. The second-order valence-electron chi connectivity index (χ2n) is 1.70. The number of alkyl halides is 1.